The molecule has 5 heteroatoms. The Hall–Kier alpha value is -2.14. The summed E-state index contributed by atoms with van der Waals surface area (Å²) < 4.78 is 1.58. The van der Waals surface area contributed by atoms with Crippen molar-refractivity contribution in [1.82, 2.24) is 14.7 Å². The lowest BCUT2D eigenvalue weighted by Gasteiger charge is -2.31. The summed E-state index contributed by atoms with van der Waals surface area (Å²) in [5.74, 6) is -0.0887. The van der Waals surface area contributed by atoms with Gasteiger partial charge in [-0.1, -0.05) is 43.2 Å². The van der Waals surface area contributed by atoms with Gasteiger partial charge < -0.3 is 10.0 Å². The first kappa shape index (κ1) is 15.7. The van der Waals surface area contributed by atoms with Gasteiger partial charge in [0, 0.05) is 19.8 Å². The number of aryl methyl sites for hydroxylation is 1. The normalized spacial score (nSPS) is 16.4. The summed E-state index contributed by atoms with van der Waals surface area (Å²) in [6.45, 7) is 0.860. The van der Waals surface area contributed by atoms with E-state index in [2.05, 4.69) is 5.10 Å². The summed E-state index contributed by atoms with van der Waals surface area (Å²) in [7, 11) is 1.76. The molecule has 1 saturated carbocycles. The number of hydrogen-bond donors (Lipinski definition) is 1. The molecule has 1 aliphatic rings. The maximum absolute atomic E-state index is 12.9. The molecular weight excluding hydrogens is 290 g/mol. The number of aliphatic hydroxyl groups is 1. The summed E-state index contributed by atoms with van der Waals surface area (Å²) in [6.07, 6.45) is 5.19. The average molecular weight is 313 g/mol. The second-order valence-corrected chi connectivity index (χ2v) is 6.42. The second kappa shape index (κ2) is 6.54. The van der Waals surface area contributed by atoms with E-state index >= 15 is 0 Å². The smallest absolute Gasteiger partial charge is 0.272 e. The van der Waals surface area contributed by atoms with E-state index in [1.54, 1.807) is 28.9 Å². The SMILES string of the molecule is Cn1nccc1C(=O)N(Cc1ccccc1)CC1(O)CCCC1. The van der Waals surface area contributed by atoms with Crippen molar-refractivity contribution < 1.29 is 9.90 Å². The van der Waals surface area contributed by atoms with Crippen LogP contribution in [0.3, 0.4) is 0 Å². The largest absolute Gasteiger partial charge is 0.388 e. The maximum atomic E-state index is 12.9. The Kier molecular flexibility index (Phi) is 4.48. The lowest BCUT2D eigenvalue weighted by molar-refractivity contribution is 0.00745. The highest BCUT2D eigenvalue weighted by Crippen LogP contribution is 2.31. The highest BCUT2D eigenvalue weighted by Gasteiger charge is 2.35. The Morgan fingerprint density at radius 1 is 1.26 bits per heavy atom. The number of rotatable bonds is 5. The van der Waals surface area contributed by atoms with Crippen molar-refractivity contribution in [2.24, 2.45) is 7.05 Å². The Morgan fingerprint density at radius 3 is 2.57 bits per heavy atom. The summed E-state index contributed by atoms with van der Waals surface area (Å²) in [6, 6.07) is 11.6. The minimum absolute atomic E-state index is 0.0887. The molecule has 122 valence electrons. The molecular formula is C18H23N3O2. The first-order chi connectivity index (χ1) is 11.1. The van der Waals surface area contributed by atoms with Gasteiger partial charge in [0.2, 0.25) is 0 Å². The van der Waals surface area contributed by atoms with Gasteiger partial charge in [-0.05, 0) is 24.5 Å². The Bertz CT molecular complexity index is 660. The van der Waals surface area contributed by atoms with Crippen molar-refractivity contribution in [3.8, 4) is 0 Å². The molecule has 1 fully saturated rings. The molecule has 0 aliphatic heterocycles. The van der Waals surface area contributed by atoms with Crippen molar-refractivity contribution in [2.45, 2.75) is 37.8 Å². The van der Waals surface area contributed by atoms with Crippen molar-refractivity contribution >= 4 is 5.91 Å². The van der Waals surface area contributed by atoms with Gasteiger partial charge in [0.15, 0.2) is 0 Å². The molecule has 0 spiro atoms. The molecule has 1 aliphatic carbocycles. The van der Waals surface area contributed by atoms with Gasteiger partial charge in [0.25, 0.3) is 5.91 Å². The fourth-order valence-corrected chi connectivity index (χ4v) is 3.30. The number of carbonyl (C=O) groups excluding carboxylic acids is 1. The third-order valence-electron chi connectivity index (χ3n) is 4.56. The molecule has 0 radical (unpaired) electrons. The standard InChI is InChI=1S/C18H23N3O2/c1-20-16(9-12-19-20)17(22)21(13-15-7-3-2-4-8-15)14-18(23)10-5-6-11-18/h2-4,7-9,12,23H,5-6,10-11,13-14H2,1H3. The Labute approximate surface area is 136 Å². The van der Waals surface area contributed by atoms with Crippen LogP contribution in [0.15, 0.2) is 42.6 Å². The van der Waals surface area contributed by atoms with Crippen LogP contribution in [-0.2, 0) is 13.6 Å². The van der Waals surface area contributed by atoms with Crippen LogP contribution in [0.5, 0.6) is 0 Å². The minimum atomic E-state index is -0.761. The van der Waals surface area contributed by atoms with Gasteiger partial charge >= 0.3 is 0 Å². The quantitative estimate of drug-likeness (QED) is 0.922. The van der Waals surface area contributed by atoms with E-state index in [0.29, 0.717) is 18.8 Å². The predicted molar refractivity (Wildman–Crippen MR) is 87.8 cm³/mol. The summed E-state index contributed by atoms with van der Waals surface area (Å²) in [4.78, 5) is 14.7. The lowest BCUT2D eigenvalue weighted by Crippen LogP contribution is -2.44. The van der Waals surface area contributed by atoms with Gasteiger partial charge in [0.05, 0.1) is 12.1 Å². The molecule has 0 atom stereocenters. The number of hydrogen-bond acceptors (Lipinski definition) is 3. The zero-order valence-electron chi connectivity index (χ0n) is 13.5. The van der Waals surface area contributed by atoms with Crippen LogP contribution in [-0.4, -0.2) is 37.8 Å². The zero-order valence-corrected chi connectivity index (χ0v) is 13.5. The molecule has 1 heterocycles. The van der Waals surface area contributed by atoms with Crippen LogP contribution in [0.4, 0.5) is 0 Å². The first-order valence-corrected chi connectivity index (χ1v) is 8.11. The number of amides is 1. The summed E-state index contributed by atoms with van der Waals surface area (Å²) in [5.41, 5.74) is 0.843. The van der Waals surface area contributed by atoms with Gasteiger partial charge in [-0.25, -0.2) is 0 Å². The number of nitrogens with zero attached hydrogens (tertiary/aromatic N) is 3. The Morgan fingerprint density at radius 2 is 1.96 bits per heavy atom. The molecule has 1 aromatic carbocycles. The van der Waals surface area contributed by atoms with Crippen LogP contribution >= 0.6 is 0 Å². The fraction of sp³-hybridized carbons (Fsp3) is 0.444. The predicted octanol–water partition coefficient (Wildman–Crippen LogP) is 2.37. The number of aromatic nitrogens is 2. The van der Waals surface area contributed by atoms with Crippen LogP contribution in [0.1, 0.15) is 41.7 Å². The molecule has 0 bridgehead atoms. The van der Waals surface area contributed by atoms with Crippen LogP contribution in [0.2, 0.25) is 0 Å². The molecule has 0 unspecified atom stereocenters. The molecule has 0 saturated heterocycles. The van der Waals surface area contributed by atoms with Crippen molar-refractivity contribution in [3.05, 3.63) is 53.9 Å². The van der Waals surface area contributed by atoms with Crippen LogP contribution in [0.25, 0.3) is 0 Å². The molecule has 2 aromatic rings. The summed E-state index contributed by atoms with van der Waals surface area (Å²) >= 11 is 0. The Balaban J connectivity index is 1.83. The maximum Gasteiger partial charge on any atom is 0.272 e. The van der Waals surface area contributed by atoms with E-state index in [-0.39, 0.29) is 5.91 Å². The van der Waals surface area contributed by atoms with Gasteiger partial charge in [-0.15, -0.1) is 0 Å². The monoisotopic (exact) mass is 313 g/mol. The molecule has 1 N–H and O–H groups in total. The van der Waals surface area contributed by atoms with Crippen molar-refractivity contribution in [3.63, 3.8) is 0 Å². The zero-order chi connectivity index (χ0) is 16.3. The van der Waals surface area contributed by atoms with Crippen LogP contribution in [0, 0.1) is 0 Å². The van der Waals surface area contributed by atoms with E-state index in [1.807, 2.05) is 30.3 Å². The minimum Gasteiger partial charge on any atom is -0.388 e. The van der Waals surface area contributed by atoms with E-state index in [0.717, 1.165) is 31.2 Å². The fourth-order valence-electron chi connectivity index (χ4n) is 3.30. The van der Waals surface area contributed by atoms with Crippen LogP contribution < -0.4 is 0 Å². The van der Waals surface area contributed by atoms with Gasteiger partial charge in [-0.2, -0.15) is 5.10 Å². The molecule has 5 nitrogen and oxygen atoms in total. The third kappa shape index (κ3) is 3.62. The van der Waals surface area contributed by atoms with E-state index in [4.69, 9.17) is 0 Å². The second-order valence-electron chi connectivity index (χ2n) is 6.42. The lowest BCUT2D eigenvalue weighted by atomic mass is 10.0. The van der Waals surface area contributed by atoms with E-state index < -0.39 is 5.60 Å². The number of carbonyl (C=O) groups is 1. The first-order valence-electron chi connectivity index (χ1n) is 8.11. The van der Waals surface area contributed by atoms with Crippen molar-refractivity contribution in [2.75, 3.05) is 6.54 Å². The summed E-state index contributed by atoms with van der Waals surface area (Å²) in [5, 5.41) is 14.8. The van der Waals surface area contributed by atoms with Crippen molar-refractivity contribution in [1.29, 1.82) is 0 Å². The average Bonchev–Trinajstić information content (AvgIpc) is 3.16. The van der Waals surface area contributed by atoms with E-state index in [1.165, 1.54) is 0 Å². The molecule has 1 aromatic heterocycles. The molecule has 3 rings (SSSR count). The highest BCUT2D eigenvalue weighted by atomic mass is 16.3. The molecule has 23 heavy (non-hydrogen) atoms. The number of benzene rings is 1. The van der Waals surface area contributed by atoms with E-state index in [9.17, 15) is 9.90 Å². The topological polar surface area (TPSA) is 58.4 Å². The highest BCUT2D eigenvalue weighted by molar-refractivity contribution is 5.92. The van der Waals surface area contributed by atoms with Gasteiger partial charge in [-0.3, -0.25) is 9.48 Å². The van der Waals surface area contributed by atoms with Gasteiger partial charge in [0.1, 0.15) is 5.69 Å². The third-order valence-corrected chi connectivity index (χ3v) is 4.56. The molecule has 1 amide bonds.